The van der Waals surface area contributed by atoms with Crippen LogP contribution in [0.4, 0.5) is 0 Å². The molecule has 0 aliphatic carbocycles. The van der Waals surface area contributed by atoms with Gasteiger partial charge in [-0.3, -0.25) is 0 Å². The quantitative estimate of drug-likeness (QED) is 0.858. The number of rotatable bonds is 4. The second-order valence-electron chi connectivity index (χ2n) is 3.92. The molecule has 0 heterocycles. The Hall–Kier alpha value is -1.24. The van der Waals surface area contributed by atoms with Gasteiger partial charge in [0.25, 0.3) is 0 Å². The molecule has 0 aromatic heterocycles. The van der Waals surface area contributed by atoms with Gasteiger partial charge < -0.3 is 0 Å². The zero-order chi connectivity index (χ0) is 12.1. The van der Waals surface area contributed by atoms with Crippen LogP contribution in [0.2, 0.25) is 5.21 Å². The molecule has 0 aliphatic heterocycles. The average Bonchev–Trinajstić information content (AvgIpc) is 2.41. The molecule has 0 unspecified atom stereocenters. The first-order valence-electron chi connectivity index (χ1n) is 5.68. The summed E-state index contributed by atoms with van der Waals surface area (Å²) in [6.07, 6.45) is 0. The Balaban J connectivity index is 2.51. The molecule has 0 spiro atoms. The van der Waals surface area contributed by atoms with Crippen molar-refractivity contribution in [3.05, 3.63) is 60.7 Å². The zero-order valence-corrected chi connectivity index (χ0v) is 11.5. The van der Waals surface area contributed by atoms with Crippen LogP contribution in [0, 0.1) is 0 Å². The second kappa shape index (κ2) is 5.39. The summed E-state index contributed by atoms with van der Waals surface area (Å²) in [7, 11) is 0. The molecule has 0 aliphatic rings. The van der Waals surface area contributed by atoms with Crippen LogP contribution in [0.1, 0.15) is 0 Å². The summed E-state index contributed by atoms with van der Waals surface area (Å²) >= 11 is -3.27. The van der Waals surface area contributed by atoms with Crippen LogP contribution in [-0.4, -0.2) is 20.0 Å². The van der Waals surface area contributed by atoms with Gasteiger partial charge in [0.1, 0.15) is 0 Å². The summed E-state index contributed by atoms with van der Waals surface area (Å²) in [4.78, 5) is 0. The van der Waals surface area contributed by atoms with Gasteiger partial charge in [0, 0.05) is 0 Å². The zero-order valence-electron chi connectivity index (χ0n) is 9.62. The van der Waals surface area contributed by atoms with Crippen LogP contribution in [0.3, 0.4) is 0 Å². The van der Waals surface area contributed by atoms with Crippen LogP contribution >= 0.6 is 0 Å². The van der Waals surface area contributed by atoms with Crippen molar-refractivity contribution in [2.75, 3.05) is 6.54 Å². The Bertz CT molecular complexity index is 467. The van der Waals surface area contributed by atoms with Gasteiger partial charge in [-0.05, 0) is 0 Å². The van der Waals surface area contributed by atoms with Crippen molar-refractivity contribution in [2.24, 2.45) is 5.73 Å². The van der Waals surface area contributed by atoms with E-state index in [1.807, 2.05) is 60.7 Å². The third-order valence-corrected chi connectivity index (χ3v) is 9.40. The van der Waals surface area contributed by atoms with E-state index in [0.29, 0.717) is 11.8 Å². The van der Waals surface area contributed by atoms with Gasteiger partial charge in [-0.15, -0.1) is 0 Å². The van der Waals surface area contributed by atoms with Gasteiger partial charge in [-0.2, -0.15) is 0 Å². The number of benzene rings is 2. The van der Waals surface area contributed by atoms with Gasteiger partial charge in [0.2, 0.25) is 0 Å². The Kier molecular flexibility index (Phi) is 3.88. The summed E-state index contributed by atoms with van der Waals surface area (Å²) in [5, 5.41) is 0.576. The summed E-state index contributed by atoms with van der Waals surface area (Å²) in [5.74, 6) is 0. The predicted molar refractivity (Wildman–Crippen MR) is 72.5 cm³/mol. The average molecular weight is 289 g/mol. The molecule has 0 radical (unpaired) electrons. The maximum absolute atomic E-state index is 13.2. The summed E-state index contributed by atoms with van der Waals surface area (Å²) in [6, 6.07) is 19.4. The molecule has 2 aromatic carbocycles. The maximum atomic E-state index is 13.2. The Morgan fingerprint density at radius 3 is 1.59 bits per heavy atom. The first-order chi connectivity index (χ1) is 8.27. The normalized spacial score (nSPS) is 11.4. The van der Waals surface area contributed by atoms with E-state index >= 15 is 0 Å². The van der Waals surface area contributed by atoms with E-state index < -0.39 is 13.5 Å². The third kappa shape index (κ3) is 2.54. The van der Waals surface area contributed by atoms with Gasteiger partial charge in [-0.25, -0.2) is 0 Å². The fourth-order valence-electron chi connectivity index (χ4n) is 1.93. The minimum absolute atomic E-state index is 0.459. The topological polar surface area (TPSA) is 43.1 Å². The van der Waals surface area contributed by atoms with Crippen LogP contribution in [0.25, 0.3) is 0 Å². The molecule has 17 heavy (non-hydrogen) atoms. The van der Waals surface area contributed by atoms with E-state index in [4.69, 9.17) is 5.73 Å². The van der Waals surface area contributed by atoms with Crippen molar-refractivity contribution >= 4 is 22.2 Å². The molecular weight excluding hydrogens is 273 g/mol. The first-order valence-corrected chi connectivity index (χ1v) is 9.65. The molecule has 0 saturated heterocycles. The van der Waals surface area contributed by atoms with Crippen molar-refractivity contribution < 1.29 is 3.74 Å². The second-order valence-corrected chi connectivity index (χ2v) is 10.1. The summed E-state index contributed by atoms with van der Waals surface area (Å²) in [5.41, 5.74) is 5.63. The van der Waals surface area contributed by atoms with Crippen molar-refractivity contribution in [3.8, 4) is 0 Å². The fraction of sp³-hybridized carbons (Fsp3) is 0.143. The Labute approximate surface area is 104 Å². The molecule has 2 aromatic rings. The van der Waals surface area contributed by atoms with Gasteiger partial charge in [0.15, 0.2) is 0 Å². The molecule has 3 heteroatoms. The molecule has 0 atom stereocenters. The van der Waals surface area contributed by atoms with E-state index in [2.05, 4.69) is 0 Å². The summed E-state index contributed by atoms with van der Waals surface area (Å²) in [6.45, 7) is 0.459. The van der Waals surface area contributed by atoms with E-state index in [0.717, 1.165) is 8.70 Å². The van der Waals surface area contributed by atoms with Gasteiger partial charge >= 0.3 is 104 Å². The molecule has 2 rings (SSSR count). The Morgan fingerprint density at radius 1 is 0.824 bits per heavy atom. The summed E-state index contributed by atoms with van der Waals surface area (Å²) < 4.78 is 15.1. The fourth-order valence-corrected chi connectivity index (χ4v) is 7.14. The van der Waals surface area contributed by atoms with E-state index in [1.165, 1.54) is 0 Å². The molecule has 0 fully saturated rings. The number of nitrogens with two attached hydrogens (primary N) is 1. The van der Waals surface area contributed by atoms with Crippen LogP contribution in [0.5, 0.6) is 0 Å². The monoisotopic (exact) mass is 289 g/mol. The van der Waals surface area contributed by atoms with Crippen molar-refractivity contribution in [2.45, 2.75) is 5.21 Å². The van der Waals surface area contributed by atoms with Crippen molar-refractivity contribution in [1.29, 1.82) is 0 Å². The third-order valence-electron chi connectivity index (χ3n) is 2.79. The molecule has 2 nitrogen and oxygen atoms in total. The minimum atomic E-state index is -3.27. The number of hydrogen-bond acceptors (Lipinski definition) is 2. The van der Waals surface area contributed by atoms with Gasteiger partial charge in [-0.1, -0.05) is 0 Å². The molecule has 0 amide bonds. The van der Waals surface area contributed by atoms with Crippen molar-refractivity contribution in [1.82, 2.24) is 0 Å². The van der Waals surface area contributed by atoms with E-state index in [-0.39, 0.29) is 0 Å². The molecular formula is C14H16AsNO. The van der Waals surface area contributed by atoms with Crippen molar-refractivity contribution in [3.63, 3.8) is 0 Å². The van der Waals surface area contributed by atoms with Crippen LogP contribution in [0.15, 0.2) is 60.7 Å². The molecule has 0 saturated carbocycles. The van der Waals surface area contributed by atoms with E-state index in [9.17, 15) is 3.74 Å². The van der Waals surface area contributed by atoms with Crippen LogP contribution in [-0.2, 0) is 3.74 Å². The predicted octanol–water partition coefficient (Wildman–Crippen LogP) is 1.14. The molecule has 0 bridgehead atoms. The molecule has 88 valence electrons. The standard InChI is InChI=1S/C14H16AsNO/c16-12-11-15(17,13-7-3-1-4-8-13)14-9-5-2-6-10-14/h1-10H,11-12,16H2. The number of hydrogen-bond donors (Lipinski definition) is 1. The van der Waals surface area contributed by atoms with Crippen LogP contribution < -0.4 is 14.4 Å². The van der Waals surface area contributed by atoms with E-state index in [1.54, 1.807) is 0 Å². The Morgan fingerprint density at radius 2 is 1.24 bits per heavy atom. The SMILES string of the molecule is NCC[As](=O)(c1ccccc1)c1ccccc1. The molecule has 2 N–H and O–H groups in total. The first kappa shape index (κ1) is 12.2. The van der Waals surface area contributed by atoms with Gasteiger partial charge in [0.05, 0.1) is 0 Å².